The monoisotopic (exact) mass is 204 g/mol. The third-order valence-corrected chi connectivity index (χ3v) is 2.26. The largest absolute Gasteiger partial charge is 0.398 e. The lowest BCUT2D eigenvalue weighted by Crippen LogP contribution is -2.19. The molecule has 0 aromatic heterocycles. The first kappa shape index (κ1) is 11.5. The molecule has 0 spiro atoms. The highest BCUT2D eigenvalue weighted by atomic mass is 16.3. The van der Waals surface area contributed by atoms with Gasteiger partial charge in [-0.2, -0.15) is 5.26 Å². The summed E-state index contributed by atoms with van der Waals surface area (Å²) in [6.45, 7) is 3.55. The van der Waals surface area contributed by atoms with Crippen molar-refractivity contribution in [3.8, 4) is 6.07 Å². The van der Waals surface area contributed by atoms with Crippen LogP contribution in [0.1, 0.15) is 31.4 Å². The summed E-state index contributed by atoms with van der Waals surface area (Å²) < 4.78 is 0. The summed E-state index contributed by atoms with van der Waals surface area (Å²) in [5.41, 5.74) is 6.98. The zero-order valence-electron chi connectivity index (χ0n) is 9.12. The van der Waals surface area contributed by atoms with Crippen LogP contribution in [0, 0.1) is 11.3 Å². The predicted molar refractivity (Wildman–Crippen MR) is 60.2 cm³/mol. The van der Waals surface area contributed by atoms with Gasteiger partial charge in [-0.3, -0.25) is 0 Å². The standard InChI is InChI=1S/C12H16N2O/c1-12(2,15)6-5-9-3-4-11(14)10(7-9)8-13/h3-4,7,15H,5-6,14H2,1-2H3. The Morgan fingerprint density at radius 3 is 2.67 bits per heavy atom. The lowest BCUT2D eigenvalue weighted by molar-refractivity contribution is 0.0714. The molecule has 3 heteroatoms. The molecule has 1 aromatic rings. The third kappa shape index (κ3) is 3.61. The minimum Gasteiger partial charge on any atom is -0.398 e. The van der Waals surface area contributed by atoms with Crippen molar-refractivity contribution in [2.45, 2.75) is 32.3 Å². The van der Waals surface area contributed by atoms with Crippen molar-refractivity contribution in [1.82, 2.24) is 0 Å². The van der Waals surface area contributed by atoms with E-state index in [0.717, 1.165) is 12.0 Å². The fourth-order valence-electron chi connectivity index (χ4n) is 1.31. The number of anilines is 1. The van der Waals surface area contributed by atoms with Crippen LogP contribution < -0.4 is 5.73 Å². The van der Waals surface area contributed by atoms with Crippen LogP contribution in [0.5, 0.6) is 0 Å². The molecule has 80 valence electrons. The van der Waals surface area contributed by atoms with Gasteiger partial charge in [0.2, 0.25) is 0 Å². The van der Waals surface area contributed by atoms with E-state index in [1.807, 2.05) is 12.1 Å². The number of nitrogens with zero attached hydrogens (tertiary/aromatic N) is 1. The van der Waals surface area contributed by atoms with Crippen LogP contribution in [0.15, 0.2) is 18.2 Å². The second-order valence-electron chi connectivity index (χ2n) is 4.35. The Bertz CT molecular complexity index is 386. The van der Waals surface area contributed by atoms with E-state index in [0.29, 0.717) is 17.7 Å². The van der Waals surface area contributed by atoms with E-state index in [9.17, 15) is 5.11 Å². The summed E-state index contributed by atoms with van der Waals surface area (Å²) in [7, 11) is 0. The molecule has 0 saturated heterocycles. The lowest BCUT2D eigenvalue weighted by atomic mass is 9.97. The van der Waals surface area contributed by atoms with E-state index >= 15 is 0 Å². The summed E-state index contributed by atoms with van der Waals surface area (Å²) in [6, 6.07) is 7.45. The molecular weight excluding hydrogens is 188 g/mol. The number of nitriles is 1. The van der Waals surface area contributed by atoms with Crippen LogP contribution in [-0.2, 0) is 6.42 Å². The van der Waals surface area contributed by atoms with Crippen LogP contribution in [0.3, 0.4) is 0 Å². The van der Waals surface area contributed by atoms with Crippen molar-refractivity contribution in [1.29, 1.82) is 5.26 Å². The fraction of sp³-hybridized carbons (Fsp3) is 0.417. The average Bonchev–Trinajstić information content (AvgIpc) is 2.15. The lowest BCUT2D eigenvalue weighted by Gasteiger charge is -2.16. The van der Waals surface area contributed by atoms with Gasteiger partial charge in [-0.25, -0.2) is 0 Å². The quantitative estimate of drug-likeness (QED) is 0.738. The van der Waals surface area contributed by atoms with Gasteiger partial charge in [0.15, 0.2) is 0 Å². The van der Waals surface area contributed by atoms with Crippen LogP contribution in [0.4, 0.5) is 5.69 Å². The number of rotatable bonds is 3. The molecule has 0 heterocycles. The second kappa shape index (κ2) is 4.33. The zero-order chi connectivity index (χ0) is 11.5. The number of aryl methyl sites for hydroxylation is 1. The SMILES string of the molecule is CC(C)(O)CCc1ccc(N)c(C#N)c1. The fourth-order valence-corrected chi connectivity index (χ4v) is 1.31. The molecule has 0 aliphatic carbocycles. The molecule has 0 bridgehead atoms. The summed E-state index contributed by atoms with van der Waals surface area (Å²) >= 11 is 0. The maximum Gasteiger partial charge on any atom is 0.101 e. The molecule has 0 unspecified atom stereocenters. The molecule has 1 aromatic carbocycles. The van der Waals surface area contributed by atoms with Crippen LogP contribution in [0.2, 0.25) is 0 Å². The summed E-state index contributed by atoms with van der Waals surface area (Å²) in [6.07, 6.45) is 1.42. The molecule has 15 heavy (non-hydrogen) atoms. The van der Waals surface area contributed by atoms with E-state index in [-0.39, 0.29) is 0 Å². The Balaban J connectivity index is 2.76. The van der Waals surface area contributed by atoms with Gasteiger partial charge < -0.3 is 10.8 Å². The predicted octanol–water partition coefficient (Wildman–Crippen LogP) is 1.84. The molecule has 0 radical (unpaired) electrons. The Morgan fingerprint density at radius 2 is 2.13 bits per heavy atom. The van der Waals surface area contributed by atoms with Crippen molar-refractivity contribution in [3.63, 3.8) is 0 Å². The molecule has 0 atom stereocenters. The van der Waals surface area contributed by atoms with Gasteiger partial charge in [0.05, 0.1) is 11.2 Å². The number of nitrogens with two attached hydrogens (primary N) is 1. The van der Waals surface area contributed by atoms with E-state index in [1.165, 1.54) is 0 Å². The normalized spacial score (nSPS) is 11.1. The van der Waals surface area contributed by atoms with Crippen molar-refractivity contribution < 1.29 is 5.11 Å². The van der Waals surface area contributed by atoms with Crippen LogP contribution in [0.25, 0.3) is 0 Å². The van der Waals surface area contributed by atoms with Crippen LogP contribution >= 0.6 is 0 Å². The number of hydrogen-bond donors (Lipinski definition) is 2. The topological polar surface area (TPSA) is 70.0 Å². The van der Waals surface area contributed by atoms with Crippen molar-refractivity contribution in [2.24, 2.45) is 0 Å². The van der Waals surface area contributed by atoms with Gasteiger partial charge in [0, 0.05) is 5.69 Å². The molecule has 0 fully saturated rings. The maximum atomic E-state index is 9.57. The highest BCUT2D eigenvalue weighted by Crippen LogP contribution is 2.17. The highest BCUT2D eigenvalue weighted by Gasteiger charge is 2.12. The minimum atomic E-state index is -0.672. The smallest absolute Gasteiger partial charge is 0.101 e. The molecule has 3 N–H and O–H groups in total. The maximum absolute atomic E-state index is 9.57. The first-order valence-corrected chi connectivity index (χ1v) is 4.93. The van der Waals surface area contributed by atoms with E-state index in [1.54, 1.807) is 26.0 Å². The van der Waals surface area contributed by atoms with Gasteiger partial charge in [0.1, 0.15) is 6.07 Å². The number of benzene rings is 1. The van der Waals surface area contributed by atoms with E-state index in [4.69, 9.17) is 11.0 Å². The molecule has 3 nitrogen and oxygen atoms in total. The van der Waals surface area contributed by atoms with Gasteiger partial charge in [-0.1, -0.05) is 6.07 Å². The minimum absolute atomic E-state index is 0.503. The number of aliphatic hydroxyl groups is 1. The van der Waals surface area contributed by atoms with Crippen LogP contribution in [-0.4, -0.2) is 10.7 Å². The summed E-state index contributed by atoms with van der Waals surface area (Å²) in [4.78, 5) is 0. The third-order valence-electron chi connectivity index (χ3n) is 2.26. The number of nitrogen functional groups attached to an aromatic ring is 1. The zero-order valence-corrected chi connectivity index (χ0v) is 9.12. The Labute approximate surface area is 90.1 Å². The second-order valence-corrected chi connectivity index (χ2v) is 4.35. The molecule has 1 rings (SSSR count). The summed E-state index contributed by atoms with van der Waals surface area (Å²) in [5, 5.41) is 18.4. The Hall–Kier alpha value is -1.53. The first-order valence-electron chi connectivity index (χ1n) is 4.93. The number of hydrogen-bond acceptors (Lipinski definition) is 3. The van der Waals surface area contributed by atoms with Crippen molar-refractivity contribution in [3.05, 3.63) is 29.3 Å². The van der Waals surface area contributed by atoms with Crippen molar-refractivity contribution in [2.75, 3.05) is 5.73 Å². The Kier molecular flexibility index (Phi) is 3.33. The highest BCUT2D eigenvalue weighted by molar-refractivity contribution is 5.55. The molecule has 0 amide bonds. The van der Waals surface area contributed by atoms with Gasteiger partial charge in [-0.05, 0) is 44.4 Å². The van der Waals surface area contributed by atoms with E-state index in [2.05, 4.69) is 0 Å². The first-order chi connectivity index (χ1) is 6.92. The molecule has 0 aliphatic heterocycles. The molecule has 0 aliphatic rings. The summed E-state index contributed by atoms with van der Waals surface area (Å²) in [5.74, 6) is 0. The molecule has 0 saturated carbocycles. The molecular formula is C12H16N2O. The van der Waals surface area contributed by atoms with E-state index < -0.39 is 5.60 Å². The van der Waals surface area contributed by atoms with Gasteiger partial charge in [0.25, 0.3) is 0 Å². The van der Waals surface area contributed by atoms with Gasteiger partial charge >= 0.3 is 0 Å². The average molecular weight is 204 g/mol. The Morgan fingerprint density at radius 1 is 1.47 bits per heavy atom. The van der Waals surface area contributed by atoms with Crippen molar-refractivity contribution >= 4 is 5.69 Å². The van der Waals surface area contributed by atoms with Gasteiger partial charge in [-0.15, -0.1) is 0 Å².